The molecule has 0 aliphatic rings. The maximum Gasteiger partial charge on any atom is 0.433 e. The van der Waals surface area contributed by atoms with Gasteiger partial charge in [-0.1, -0.05) is 15.9 Å². The van der Waals surface area contributed by atoms with E-state index in [1.165, 1.54) is 6.07 Å². The minimum Gasteiger partial charge on any atom is -0.480 e. The molecule has 0 atom stereocenters. The largest absolute Gasteiger partial charge is 0.480 e. The quantitative estimate of drug-likeness (QED) is 0.571. The molecule has 0 unspecified atom stereocenters. The van der Waals surface area contributed by atoms with Crippen LogP contribution in [0.4, 0.5) is 43.8 Å². The lowest BCUT2D eigenvalue weighted by Crippen LogP contribution is -2.17. The Morgan fingerprint density at radius 3 is 2.30 bits per heavy atom. The van der Waals surface area contributed by atoms with Crippen LogP contribution < -0.4 is 10.6 Å². The van der Waals surface area contributed by atoms with Crippen LogP contribution in [0.3, 0.4) is 0 Å². The lowest BCUT2D eigenvalue weighted by molar-refractivity contribution is -0.141. The van der Waals surface area contributed by atoms with Gasteiger partial charge in [-0.15, -0.1) is 0 Å². The molecule has 0 radical (unpaired) electrons. The van der Waals surface area contributed by atoms with E-state index in [0.29, 0.717) is 12.1 Å². The van der Waals surface area contributed by atoms with Crippen LogP contribution in [0.5, 0.6) is 0 Å². The van der Waals surface area contributed by atoms with Gasteiger partial charge in [-0.3, -0.25) is 4.79 Å². The summed E-state index contributed by atoms with van der Waals surface area (Å²) in [5.41, 5.74) is -2.62. The number of alkyl halides is 6. The van der Waals surface area contributed by atoms with E-state index < -0.39 is 47.9 Å². The van der Waals surface area contributed by atoms with E-state index in [4.69, 9.17) is 5.11 Å². The first-order chi connectivity index (χ1) is 12.4. The van der Waals surface area contributed by atoms with Gasteiger partial charge in [0.25, 0.3) is 0 Å². The first-order valence-corrected chi connectivity index (χ1v) is 7.71. The van der Waals surface area contributed by atoms with Crippen molar-refractivity contribution >= 4 is 39.4 Å². The molecule has 1 aromatic heterocycles. The van der Waals surface area contributed by atoms with E-state index in [-0.39, 0.29) is 10.2 Å². The molecular formula is C14H9BrF6N4O2. The summed E-state index contributed by atoms with van der Waals surface area (Å²) in [6.07, 6.45) is -9.57. The monoisotopic (exact) mass is 458 g/mol. The lowest BCUT2D eigenvalue weighted by Gasteiger charge is -2.14. The van der Waals surface area contributed by atoms with Gasteiger partial charge < -0.3 is 15.7 Å². The molecule has 3 N–H and O–H groups in total. The predicted molar refractivity (Wildman–Crippen MR) is 85.6 cm³/mol. The lowest BCUT2D eigenvalue weighted by atomic mass is 10.2. The van der Waals surface area contributed by atoms with Crippen LogP contribution in [-0.2, 0) is 17.1 Å². The minimum atomic E-state index is -4.88. The summed E-state index contributed by atoms with van der Waals surface area (Å²) in [6, 6.07) is 3.44. The second-order valence-electron chi connectivity index (χ2n) is 5.02. The first-order valence-electron chi connectivity index (χ1n) is 6.92. The average Bonchev–Trinajstić information content (AvgIpc) is 2.52. The van der Waals surface area contributed by atoms with Gasteiger partial charge in [-0.05, 0) is 18.2 Å². The fourth-order valence-corrected chi connectivity index (χ4v) is 2.33. The molecule has 0 aliphatic carbocycles. The van der Waals surface area contributed by atoms with Crippen molar-refractivity contribution in [3.8, 4) is 0 Å². The number of carboxylic acids is 1. The number of hydrogen-bond donors (Lipinski definition) is 3. The zero-order valence-electron chi connectivity index (χ0n) is 12.9. The fraction of sp³-hybridized carbons (Fsp3) is 0.214. The van der Waals surface area contributed by atoms with E-state index in [9.17, 15) is 31.1 Å². The van der Waals surface area contributed by atoms with Crippen LogP contribution in [0.25, 0.3) is 0 Å². The van der Waals surface area contributed by atoms with Gasteiger partial charge in [0.2, 0.25) is 5.95 Å². The van der Waals surface area contributed by atoms with Crippen molar-refractivity contribution in [2.45, 2.75) is 12.4 Å². The molecule has 1 heterocycles. The van der Waals surface area contributed by atoms with Crippen molar-refractivity contribution in [3.05, 3.63) is 40.0 Å². The molecule has 0 aliphatic heterocycles. The van der Waals surface area contributed by atoms with Gasteiger partial charge >= 0.3 is 18.3 Å². The molecule has 27 heavy (non-hydrogen) atoms. The second-order valence-corrected chi connectivity index (χ2v) is 5.88. The zero-order chi connectivity index (χ0) is 20.4. The van der Waals surface area contributed by atoms with Crippen molar-refractivity contribution in [1.29, 1.82) is 0 Å². The molecule has 6 nitrogen and oxygen atoms in total. The zero-order valence-corrected chi connectivity index (χ0v) is 14.5. The van der Waals surface area contributed by atoms with Crippen LogP contribution in [0.1, 0.15) is 11.3 Å². The molecule has 146 valence electrons. The summed E-state index contributed by atoms with van der Waals surface area (Å²) in [4.78, 5) is 17.3. The summed E-state index contributed by atoms with van der Waals surface area (Å²) in [6.45, 7) is -0.753. The summed E-state index contributed by atoms with van der Waals surface area (Å²) < 4.78 is 77.4. The van der Waals surface area contributed by atoms with Crippen LogP contribution in [-0.4, -0.2) is 27.6 Å². The van der Waals surface area contributed by atoms with E-state index in [1.807, 2.05) is 0 Å². The Morgan fingerprint density at radius 2 is 1.74 bits per heavy atom. The number of nitrogens with one attached hydrogen (secondary N) is 2. The molecule has 13 heteroatoms. The summed E-state index contributed by atoms with van der Waals surface area (Å²) in [5, 5.41) is 13.0. The highest BCUT2D eigenvalue weighted by Crippen LogP contribution is 2.37. The van der Waals surface area contributed by atoms with E-state index in [0.717, 1.165) is 6.07 Å². The molecule has 2 rings (SSSR count). The maximum absolute atomic E-state index is 12.9. The van der Waals surface area contributed by atoms with Crippen LogP contribution in [0.2, 0.25) is 0 Å². The van der Waals surface area contributed by atoms with E-state index >= 15 is 0 Å². The number of hydrogen-bond acceptors (Lipinski definition) is 5. The molecule has 0 amide bonds. The van der Waals surface area contributed by atoms with Crippen LogP contribution in [0.15, 0.2) is 28.7 Å². The Hall–Kier alpha value is -2.57. The fourth-order valence-electron chi connectivity index (χ4n) is 1.86. The SMILES string of the molecule is O=C(O)CNc1nc(Nc2ccc(Br)c(C(F)(F)F)c2)cc(C(F)(F)F)n1. The van der Waals surface area contributed by atoms with Crippen molar-refractivity contribution in [1.82, 2.24) is 9.97 Å². The van der Waals surface area contributed by atoms with Gasteiger partial charge in [0.15, 0.2) is 5.69 Å². The Bertz CT molecular complexity index is 856. The molecule has 0 fully saturated rings. The molecule has 1 aromatic carbocycles. The summed E-state index contributed by atoms with van der Waals surface area (Å²) >= 11 is 2.75. The number of anilines is 3. The third-order valence-electron chi connectivity index (χ3n) is 2.96. The molecule has 0 spiro atoms. The third kappa shape index (κ3) is 5.70. The van der Waals surface area contributed by atoms with Gasteiger partial charge in [0.1, 0.15) is 12.4 Å². The van der Waals surface area contributed by atoms with E-state index in [2.05, 4.69) is 36.5 Å². The van der Waals surface area contributed by atoms with Crippen molar-refractivity contribution in [2.75, 3.05) is 17.2 Å². The van der Waals surface area contributed by atoms with Crippen LogP contribution in [0, 0.1) is 0 Å². The highest BCUT2D eigenvalue weighted by molar-refractivity contribution is 9.10. The van der Waals surface area contributed by atoms with Gasteiger partial charge in [-0.25, -0.2) is 4.98 Å². The van der Waals surface area contributed by atoms with Crippen LogP contribution >= 0.6 is 15.9 Å². The van der Waals surface area contributed by atoms with Crippen molar-refractivity contribution in [2.24, 2.45) is 0 Å². The van der Waals surface area contributed by atoms with Gasteiger partial charge in [0.05, 0.1) is 5.56 Å². The van der Waals surface area contributed by atoms with Gasteiger partial charge in [-0.2, -0.15) is 31.3 Å². The van der Waals surface area contributed by atoms with E-state index in [1.54, 1.807) is 0 Å². The number of nitrogens with zero attached hydrogens (tertiary/aromatic N) is 2. The smallest absolute Gasteiger partial charge is 0.433 e. The molecule has 0 bridgehead atoms. The second kappa shape index (κ2) is 7.58. The normalized spacial score (nSPS) is 12.0. The Balaban J connectivity index is 2.40. The molecular weight excluding hydrogens is 450 g/mol. The number of aromatic nitrogens is 2. The molecule has 0 saturated heterocycles. The maximum atomic E-state index is 12.9. The number of carboxylic acid groups (broad SMARTS) is 1. The predicted octanol–water partition coefficient (Wildman–Crippen LogP) is 4.52. The number of benzene rings is 1. The highest BCUT2D eigenvalue weighted by atomic mass is 79.9. The summed E-state index contributed by atoms with van der Waals surface area (Å²) in [7, 11) is 0. The highest BCUT2D eigenvalue weighted by Gasteiger charge is 2.35. The Morgan fingerprint density at radius 1 is 1.07 bits per heavy atom. The Kier molecular flexibility index (Phi) is 5.82. The average molecular weight is 459 g/mol. The van der Waals surface area contributed by atoms with Crippen molar-refractivity contribution in [3.63, 3.8) is 0 Å². The number of carbonyl (C=O) groups is 1. The third-order valence-corrected chi connectivity index (χ3v) is 3.65. The molecule has 0 saturated carbocycles. The van der Waals surface area contributed by atoms with Crippen molar-refractivity contribution < 1.29 is 36.2 Å². The number of halogens is 7. The summed E-state index contributed by atoms with van der Waals surface area (Å²) in [5.74, 6) is -2.49. The molecule has 2 aromatic rings. The number of aliphatic carboxylic acids is 1. The first kappa shape index (κ1) is 20.7. The topological polar surface area (TPSA) is 87.1 Å². The Labute approximate surface area is 155 Å². The van der Waals surface area contributed by atoms with Gasteiger partial charge in [0, 0.05) is 16.2 Å². The number of rotatable bonds is 5. The minimum absolute atomic E-state index is 0.179. The standard InChI is InChI=1S/C14H9BrF6N4O2/c15-8-2-1-6(3-7(8)13(16,17)18)23-10-4-9(14(19,20)21)24-12(25-10)22-5-11(26)27/h1-4H,5H2,(H,26,27)(H2,22,23,24,25).